The second-order valence-electron chi connectivity index (χ2n) is 25.5. The molecule has 27 heteroatoms. The number of imide groups is 1. The molecule has 2 heterocycles. The summed E-state index contributed by atoms with van der Waals surface area (Å²) in [5.41, 5.74) is -0.470. The number of hydrogen-bond donors (Lipinski definition) is 2. The normalized spacial score (nSPS) is 19.4. The topological polar surface area (TPSA) is 335 Å². The molecular formula is C82H79N3O24. The number of hydrogen-bond acceptors (Lipinski definition) is 25. The second-order valence-corrected chi connectivity index (χ2v) is 25.5. The van der Waals surface area contributed by atoms with Gasteiger partial charge in [0.05, 0.1) is 70.8 Å². The molecule has 10 atom stereocenters. The molecule has 566 valence electrons. The van der Waals surface area contributed by atoms with Gasteiger partial charge in [0.2, 0.25) is 11.8 Å². The van der Waals surface area contributed by atoms with Gasteiger partial charge in [-0.15, -0.1) is 0 Å². The average molecular weight is 1490 g/mol. The number of benzene rings is 8. The minimum absolute atomic E-state index is 0.0358. The molecule has 10 rings (SSSR count). The van der Waals surface area contributed by atoms with Crippen molar-refractivity contribution in [3.8, 4) is 0 Å². The van der Waals surface area contributed by atoms with Crippen LogP contribution in [0.3, 0.4) is 0 Å². The molecule has 2 N–H and O–H groups in total. The van der Waals surface area contributed by atoms with Crippen molar-refractivity contribution in [2.75, 3.05) is 52.6 Å². The first-order chi connectivity index (χ1) is 52.8. The van der Waals surface area contributed by atoms with Crippen molar-refractivity contribution in [2.24, 2.45) is 0 Å². The second kappa shape index (κ2) is 39.4. The Morgan fingerprint density at radius 2 is 0.642 bits per heavy atom. The van der Waals surface area contributed by atoms with Gasteiger partial charge in [-0.25, -0.2) is 48.1 Å². The standard InChI is InChI=1S/C82H79N3O24/c1-82(2,3)109-81(96)85(47-49-98-80-70(108-78(95)60-42-26-11-27-43-60)68(106-76(93)58-38-22-9-23-39-58)66(104-74(91)56-34-18-7-19-35-56)62(102-80)52-100-72(89)54-30-14-5-15-31-54)64(87)44-45-83-50-63(86)84-46-48-97-79-69(107-77(94)59-40-24-10-25-41-59)67(105-75(92)57-36-20-8-21-37-57)65(103-73(90)55-32-16-6-17-33-55)61(101-79)51-99-71(88)53-28-12-4-13-29-53/h4-43,61-62,65-70,79-80,83H,44-52H2,1-3H3,(H,84,86)/t61-,62-,65+,66+,67+,68+,69-,70-,79-,80-/m1/s1. The van der Waals surface area contributed by atoms with Crippen molar-refractivity contribution in [3.63, 3.8) is 0 Å². The van der Waals surface area contributed by atoms with E-state index in [1.807, 2.05) is 0 Å². The molecule has 2 fully saturated rings. The Balaban J connectivity index is 0.834. The third-order valence-electron chi connectivity index (χ3n) is 16.5. The number of ether oxygens (including phenoxy) is 13. The van der Waals surface area contributed by atoms with E-state index in [1.165, 1.54) is 97.1 Å². The van der Waals surface area contributed by atoms with Crippen molar-refractivity contribution in [1.82, 2.24) is 15.5 Å². The van der Waals surface area contributed by atoms with Crippen molar-refractivity contribution in [2.45, 2.75) is 94.2 Å². The predicted octanol–water partition coefficient (Wildman–Crippen LogP) is 9.40. The van der Waals surface area contributed by atoms with Gasteiger partial charge >= 0.3 is 53.8 Å². The maximum absolute atomic E-state index is 14.3. The maximum Gasteiger partial charge on any atom is 0.417 e. The van der Waals surface area contributed by atoms with Gasteiger partial charge in [0.1, 0.15) is 31.0 Å². The minimum Gasteiger partial charge on any atom is -0.459 e. The third kappa shape index (κ3) is 23.1. The van der Waals surface area contributed by atoms with E-state index in [9.17, 15) is 52.7 Å². The van der Waals surface area contributed by atoms with E-state index in [1.54, 1.807) is 166 Å². The van der Waals surface area contributed by atoms with Crippen LogP contribution in [0, 0.1) is 0 Å². The lowest BCUT2D eigenvalue weighted by molar-refractivity contribution is -0.298. The van der Waals surface area contributed by atoms with Crippen LogP contribution in [0.5, 0.6) is 0 Å². The van der Waals surface area contributed by atoms with Crippen LogP contribution in [0.15, 0.2) is 243 Å². The highest BCUT2D eigenvalue weighted by Crippen LogP contribution is 2.34. The molecule has 27 nitrogen and oxygen atoms in total. The van der Waals surface area contributed by atoms with Crippen LogP contribution >= 0.6 is 0 Å². The highest BCUT2D eigenvalue weighted by molar-refractivity contribution is 5.95. The number of amides is 3. The lowest BCUT2D eigenvalue weighted by atomic mass is 9.97. The van der Waals surface area contributed by atoms with Gasteiger partial charge in [0.15, 0.2) is 49.2 Å². The molecule has 0 saturated carbocycles. The number of carbonyl (C=O) groups excluding carboxylic acids is 11. The average Bonchev–Trinajstić information content (AvgIpc) is 0.780. The summed E-state index contributed by atoms with van der Waals surface area (Å²) in [5, 5.41) is 5.54. The summed E-state index contributed by atoms with van der Waals surface area (Å²) in [7, 11) is 0. The van der Waals surface area contributed by atoms with Crippen LogP contribution in [-0.2, 0) is 71.2 Å². The minimum atomic E-state index is -1.81. The zero-order chi connectivity index (χ0) is 77.1. The Morgan fingerprint density at radius 1 is 0.358 bits per heavy atom. The molecule has 0 spiro atoms. The molecule has 0 aliphatic carbocycles. The zero-order valence-electron chi connectivity index (χ0n) is 59.5. The zero-order valence-corrected chi connectivity index (χ0v) is 59.5. The van der Waals surface area contributed by atoms with Crippen LogP contribution in [0.2, 0.25) is 0 Å². The van der Waals surface area contributed by atoms with Crippen LogP contribution in [0.25, 0.3) is 0 Å². The van der Waals surface area contributed by atoms with Crippen molar-refractivity contribution in [3.05, 3.63) is 287 Å². The predicted molar refractivity (Wildman–Crippen MR) is 385 cm³/mol. The van der Waals surface area contributed by atoms with E-state index in [0.29, 0.717) is 0 Å². The number of nitrogens with zero attached hydrogens (tertiary/aromatic N) is 1. The van der Waals surface area contributed by atoms with Crippen LogP contribution in [0.1, 0.15) is 110 Å². The summed E-state index contributed by atoms with van der Waals surface area (Å²) < 4.78 is 79.4. The third-order valence-corrected chi connectivity index (χ3v) is 16.5. The van der Waals surface area contributed by atoms with Gasteiger partial charge in [-0.1, -0.05) is 146 Å². The highest BCUT2D eigenvalue weighted by atomic mass is 16.7. The molecule has 0 radical (unpaired) electrons. The van der Waals surface area contributed by atoms with Crippen LogP contribution in [-0.4, -0.2) is 190 Å². The fraction of sp³-hybridized carbons (Fsp3) is 0.280. The summed E-state index contributed by atoms with van der Waals surface area (Å²) in [6.45, 7) is 1.06. The molecule has 3 amide bonds. The Bertz CT molecular complexity index is 4350. The summed E-state index contributed by atoms with van der Waals surface area (Å²) in [5.74, 6) is -8.67. The molecule has 8 aromatic rings. The molecule has 109 heavy (non-hydrogen) atoms. The highest BCUT2D eigenvalue weighted by Gasteiger charge is 2.56. The first-order valence-corrected chi connectivity index (χ1v) is 34.8. The quantitative estimate of drug-likeness (QED) is 0.0232. The van der Waals surface area contributed by atoms with Crippen LogP contribution in [0.4, 0.5) is 4.79 Å². The lowest BCUT2D eigenvalue weighted by Crippen LogP contribution is -2.63. The van der Waals surface area contributed by atoms with Crippen LogP contribution < -0.4 is 10.6 Å². The first-order valence-electron chi connectivity index (χ1n) is 34.8. The molecule has 8 aromatic carbocycles. The Kier molecular flexibility index (Phi) is 28.6. The monoisotopic (exact) mass is 1490 g/mol. The molecule has 2 aliphatic rings. The van der Waals surface area contributed by atoms with Gasteiger partial charge in [-0.2, -0.15) is 0 Å². The van der Waals surface area contributed by atoms with E-state index >= 15 is 0 Å². The molecule has 2 saturated heterocycles. The Hall–Kier alpha value is -12.3. The largest absolute Gasteiger partial charge is 0.459 e. The Morgan fingerprint density at radius 3 is 0.954 bits per heavy atom. The summed E-state index contributed by atoms with van der Waals surface area (Å²) in [6.07, 6.45) is -18.4. The summed E-state index contributed by atoms with van der Waals surface area (Å²) >= 11 is 0. The number of rotatable bonds is 31. The van der Waals surface area contributed by atoms with Gasteiger partial charge in [0, 0.05) is 19.5 Å². The Labute approximate surface area is 626 Å². The van der Waals surface area contributed by atoms with Gasteiger partial charge in [-0.05, 0) is 118 Å². The van der Waals surface area contributed by atoms with Gasteiger partial charge < -0.3 is 72.2 Å². The smallest absolute Gasteiger partial charge is 0.417 e. The SMILES string of the molecule is CC(C)(C)OC(=O)N(CCO[C@@H]1O[C@H](COC(=O)c2ccccc2)[C@H](OC(=O)c2ccccc2)[C@H](OC(=O)c2ccccc2)[C@H]1OC(=O)c1ccccc1)C(=O)CCNCC(=O)NCCO[C@@H]1O[C@H](COC(=O)c2ccccc2)[C@H](OC(=O)c2ccccc2)[C@H](OC(=O)c2ccccc2)[C@H]1OC(=O)c1ccccc1. The van der Waals surface area contributed by atoms with Crippen molar-refractivity contribution < 1.29 is 114 Å². The molecule has 0 aromatic heterocycles. The summed E-state index contributed by atoms with van der Waals surface area (Å²) in [6, 6.07) is 62.6. The molecule has 2 aliphatic heterocycles. The maximum atomic E-state index is 14.3. The van der Waals surface area contributed by atoms with Crippen molar-refractivity contribution >= 4 is 65.7 Å². The fourth-order valence-electron chi connectivity index (χ4n) is 11.2. The lowest BCUT2D eigenvalue weighted by Gasteiger charge is -2.44. The molecular weight excluding hydrogens is 1410 g/mol. The fourth-order valence-corrected chi connectivity index (χ4v) is 11.2. The summed E-state index contributed by atoms with van der Waals surface area (Å²) in [4.78, 5) is 154. The molecule has 0 bridgehead atoms. The van der Waals surface area contributed by atoms with E-state index < -0.39 is 172 Å². The number of esters is 8. The van der Waals surface area contributed by atoms with Gasteiger partial charge in [-0.3, -0.25) is 9.59 Å². The van der Waals surface area contributed by atoms with E-state index in [4.69, 9.17) is 61.6 Å². The number of carbonyl (C=O) groups is 11. The first kappa shape index (κ1) is 79.3. The van der Waals surface area contributed by atoms with Gasteiger partial charge in [0.25, 0.3) is 0 Å². The van der Waals surface area contributed by atoms with Crippen molar-refractivity contribution in [1.29, 1.82) is 0 Å². The molecule has 0 unspecified atom stereocenters. The van der Waals surface area contributed by atoms with E-state index in [2.05, 4.69) is 10.6 Å². The number of nitrogens with one attached hydrogen (secondary N) is 2. The van der Waals surface area contributed by atoms with E-state index in [-0.39, 0.29) is 64.2 Å². The van der Waals surface area contributed by atoms with E-state index in [0.717, 1.165) is 4.90 Å².